The Labute approximate surface area is 119 Å². The molecule has 0 aromatic heterocycles. The Bertz CT molecular complexity index is 498. The second-order valence-electron chi connectivity index (χ2n) is 5.44. The number of rotatable bonds is 2. The third-order valence-corrected chi connectivity index (χ3v) is 3.94. The van der Waals surface area contributed by atoms with Gasteiger partial charge in [-0.15, -0.1) is 0 Å². The van der Waals surface area contributed by atoms with Crippen LogP contribution in [0.15, 0.2) is 18.2 Å². The highest BCUT2D eigenvalue weighted by atomic mass is 16.5. The van der Waals surface area contributed by atoms with E-state index in [1.54, 1.807) is 0 Å². The third kappa shape index (κ3) is 2.66. The molecular weight excluding hydrogens is 254 g/mol. The van der Waals surface area contributed by atoms with Gasteiger partial charge in [0, 0.05) is 25.3 Å². The number of carbonyl (C=O) groups excluding carboxylic acids is 1. The molecule has 1 aromatic rings. The number of likely N-dealkylation sites (tertiary alicyclic amines) is 1. The van der Waals surface area contributed by atoms with Gasteiger partial charge in [-0.3, -0.25) is 4.79 Å². The van der Waals surface area contributed by atoms with Crippen LogP contribution in [0.25, 0.3) is 0 Å². The van der Waals surface area contributed by atoms with Gasteiger partial charge in [-0.1, -0.05) is 0 Å². The Morgan fingerprint density at radius 2 is 2.00 bits per heavy atom. The van der Waals surface area contributed by atoms with Crippen molar-refractivity contribution in [2.45, 2.75) is 19.3 Å². The molecule has 1 fully saturated rings. The Kier molecular flexibility index (Phi) is 3.67. The van der Waals surface area contributed by atoms with Crippen molar-refractivity contribution in [1.29, 1.82) is 0 Å². The van der Waals surface area contributed by atoms with Gasteiger partial charge in [-0.05, 0) is 37.5 Å². The molecule has 0 aliphatic carbocycles. The van der Waals surface area contributed by atoms with Gasteiger partial charge in [0.1, 0.15) is 5.75 Å². The monoisotopic (exact) mass is 275 g/mol. The van der Waals surface area contributed by atoms with Crippen LogP contribution >= 0.6 is 0 Å². The van der Waals surface area contributed by atoms with Crippen LogP contribution < -0.4 is 15.4 Å². The van der Waals surface area contributed by atoms with Gasteiger partial charge in [0.25, 0.3) is 0 Å². The summed E-state index contributed by atoms with van der Waals surface area (Å²) in [7, 11) is 0. The maximum atomic E-state index is 12.3. The zero-order chi connectivity index (χ0) is 13.9. The van der Waals surface area contributed by atoms with E-state index in [1.165, 1.54) is 0 Å². The number of amides is 1. The van der Waals surface area contributed by atoms with E-state index in [9.17, 15) is 4.79 Å². The molecule has 2 aliphatic heterocycles. The van der Waals surface area contributed by atoms with E-state index in [4.69, 9.17) is 10.5 Å². The maximum Gasteiger partial charge on any atom is 0.242 e. The number of carbonyl (C=O) groups is 1. The molecule has 5 nitrogen and oxygen atoms in total. The first-order valence-corrected chi connectivity index (χ1v) is 7.29. The molecular formula is C15H21N3O2. The zero-order valence-corrected chi connectivity index (χ0v) is 11.7. The summed E-state index contributed by atoms with van der Waals surface area (Å²) in [6, 6.07) is 5.63. The summed E-state index contributed by atoms with van der Waals surface area (Å²) in [6.45, 7) is 3.72. The van der Waals surface area contributed by atoms with Gasteiger partial charge in [0.2, 0.25) is 5.91 Å². The molecule has 0 bridgehead atoms. The number of hydrogen-bond acceptors (Lipinski definition) is 4. The lowest BCUT2D eigenvalue weighted by molar-refractivity contribution is -0.128. The highest BCUT2D eigenvalue weighted by molar-refractivity contribution is 5.83. The first kappa shape index (κ1) is 13.1. The molecule has 20 heavy (non-hydrogen) atoms. The number of nitrogen functional groups attached to an aromatic ring is 1. The Balaban J connectivity index is 1.78. The number of nitrogens with two attached hydrogens (primary N) is 1. The predicted octanol–water partition coefficient (Wildman–Crippen LogP) is 1.48. The van der Waals surface area contributed by atoms with E-state index in [1.807, 2.05) is 23.1 Å². The van der Waals surface area contributed by atoms with Crippen LogP contribution in [0.4, 0.5) is 11.4 Å². The van der Waals surface area contributed by atoms with Crippen LogP contribution in [0.3, 0.4) is 0 Å². The molecule has 0 radical (unpaired) electrons. The Morgan fingerprint density at radius 3 is 2.80 bits per heavy atom. The van der Waals surface area contributed by atoms with E-state index >= 15 is 0 Å². The van der Waals surface area contributed by atoms with E-state index < -0.39 is 0 Å². The highest BCUT2D eigenvalue weighted by Gasteiger charge is 2.23. The molecule has 2 aliphatic rings. The summed E-state index contributed by atoms with van der Waals surface area (Å²) in [5.74, 6) is 1.03. The first-order valence-electron chi connectivity index (χ1n) is 7.29. The van der Waals surface area contributed by atoms with Crippen molar-refractivity contribution >= 4 is 17.3 Å². The highest BCUT2D eigenvalue weighted by Crippen LogP contribution is 2.32. The fourth-order valence-corrected chi connectivity index (χ4v) is 2.86. The first-order chi connectivity index (χ1) is 9.74. The molecule has 108 valence electrons. The van der Waals surface area contributed by atoms with E-state index in [2.05, 4.69) is 4.90 Å². The van der Waals surface area contributed by atoms with Crippen LogP contribution in [0.1, 0.15) is 19.3 Å². The van der Waals surface area contributed by atoms with E-state index in [0.29, 0.717) is 18.8 Å². The molecule has 5 heteroatoms. The molecule has 2 heterocycles. The summed E-state index contributed by atoms with van der Waals surface area (Å²) >= 11 is 0. The Hall–Kier alpha value is -1.91. The predicted molar refractivity (Wildman–Crippen MR) is 79.0 cm³/mol. The average Bonchev–Trinajstić information content (AvgIpc) is 2.91. The Morgan fingerprint density at radius 1 is 1.20 bits per heavy atom. The number of hydrogen-bond donors (Lipinski definition) is 1. The van der Waals surface area contributed by atoms with Gasteiger partial charge < -0.3 is 20.3 Å². The van der Waals surface area contributed by atoms with Crippen LogP contribution in [-0.2, 0) is 4.79 Å². The van der Waals surface area contributed by atoms with Crippen LogP contribution in [0, 0.1) is 0 Å². The third-order valence-electron chi connectivity index (χ3n) is 3.94. The van der Waals surface area contributed by atoms with E-state index in [0.717, 1.165) is 50.3 Å². The number of ether oxygens (including phenoxy) is 1. The largest absolute Gasteiger partial charge is 0.491 e. The molecule has 0 atom stereocenters. The standard InChI is InChI=1S/C15H21N3O2/c16-12-4-5-14-13(10-12)18(8-3-9-20-14)11-15(19)17-6-1-2-7-17/h4-5,10H,1-3,6-9,11,16H2. The van der Waals surface area contributed by atoms with Crippen molar-refractivity contribution in [2.24, 2.45) is 0 Å². The van der Waals surface area contributed by atoms with Gasteiger partial charge in [-0.25, -0.2) is 0 Å². The van der Waals surface area contributed by atoms with E-state index in [-0.39, 0.29) is 5.91 Å². The fraction of sp³-hybridized carbons (Fsp3) is 0.533. The van der Waals surface area contributed by atoms with Crippen molar-refractivity contribution in [3.63, 3.8) is 0 Å². The SMILES string of the molecule is Nc1ccc2c(c1)N(CC(=O)N1CCCC1)CCCO2. The second kappa shape index (κ2) is 5.61. The molecule has 1 aromatic carbocycles. The lowest BCUT2D eigenvalue weighted by atomic mass is 10.2. The topological polar surface area (TPSA) is 58.8 Å². The minimum atomic E-state index is 0.206. The number of fused-ring (bicyclic) bond motifs is 1. The number of nitrogens with zero attached hydrogens (tertiary/aromatic N) is 2. The maximum absolute atomic E-state index is 12.3. The number of benzene rings is 1. The normalized spacial score (nSPS) is 18.4. The van der Waals surface area contributed by atoms with Crippen molar-refractivity contribution in [2.75, 3.05) is 43.4 Å². The summed E-state index contributed by atoms with van der Waals surface area (Å²) in [5.41, 5.74) is 7.51. The fourth-order valence-electron chi connectivity index (χ4n) is 2.86. The molecule has 1 amide bonds. The van der Waals surface area contributed by atoms with Gasteiger partial charge in [-0.2, -0.15) is 0 Å². The van der Waals surface area contributed by atoms with Crippen molar-refractivity contribution in [3.8, 4) is 5.75 Å². The molecule has 0 spiro atoms. The number of anilines is 2. The van der Waals surface area contributed by atoms with Crippen LogP contribution in [-0.4, -0.2) is 43.6 Å². The van der Waals surface area contributed by atoms with Gasteiger partial charge in [0.15, 0.2) is 0 Å². The summed E-state index contributed by atoms with van der Waals surface area (Å²) in [6.07, 6.45) is 3.17. The van der Waals surface area contributed by atoms with Crippen LogP contribution in [0.5, 0.6) is 5.75 Å². The minimum Gasteiger partial charge on any atom is -0.491 e. The second-order valence-corrected chi connectivity index (χ2v) is 5.44. The van der Waals surface area contributed by atoms with Crippen molar-refractivity contribution in [3.05, 3.63) is 18.2 Å². The molecule has 0 saturated carbocycles. The summed E-state index contributed by atoms with van der Waals surface area (Å²) in [5, 5.41) is 0. The lowest BCUT2D eigenvalue weighted by Crippen LogP contribution is -2.39. The smallest absolute Gasteiger partial charge is 0.242 e. The quantitative estimate of drug-likeness (QED) is 0.831. The molecule has 0 unspecified atom stereocenters. The van der Waals surface area contributed by atoms with Gasteiger partial charge >= 0.3 is 0 Å². The summed E-state index contributed by atoms with van der Waals surface area (Å²) < 4.78 is 5.72. The lowest BCUT2D eigenvalue weighted by Gasteiger charge is -2.26. The average molecular weight is 275 g/mol. The summed E-state index contributed by atoms with van der Waals surface area (Å²) in [4.78, 5) is 16.4. The van der Waals surface area contributed by atoms with Crippen molar-refractivity contribution in [1.82, 2.24) is 4.90 Å². The van der Waals surface area contributed by atoms with Crippen molar-refractivity contribution < 1.29 is 9.53 Å². The molecule has 2 N–H and O–H groups in total. The minimum absolute atomic E-state index is 0.206. The molecule has 1 saturated heterocycles. The van der Waals surface area contributed by atoms with Crippen LogP contribution in [0.2, 0.25) is 0 Å². The zero-order valence-electron chi connectivity index (χ0n) is 11.7. The molecule has 3 rings (SSSR count). The van der Waals surface area contributed by atoms with Gasteiger partial charge in [0.05, 0.1) is 18.8 Å².